The molecule has 0 aliphatic carbocycles. The first kappa shape index (κ1) is 15.2. The van der Waals surface area contributed by atoms with Gasteiger partial charge in [-0.05, 0) is 17.7 Å². The van der Waals surface area contributed by atoms with Gasteiger partial charge >= 0.3 is 5.70 Å². The smallest absolute Gasteiger partial charge is 0.311 e. The van der Waals surface area contributed by atoms with Crippen LogP contribution in [0.5, 0.6) is 0 Å². The number of nitro groups is 1. The Balaban J connectivity index is 1.84. The lowest BCUT2D eigenvalue weighted by atomic mass is 10.2. The van der Waals surface area contributed by atoms with E-state index in [1.165, 1.54) is 18.6 Å². The zero-order valence-corrected chi connectivity index (χ0v) is 12.8. The lowest BCUT2D eigenvalue weighted by molar-refractivity contribution is -0.414. The second kappa shape index (κ2) is 6.62. The van der Waals surface area contributed by atoms with E-state index in [0.29, 0.717) is 36.2 Å². The fourth-order valence-electron chi connectivity index (χ4n) is 2.31. The van der Waals surface area contributed by atoms with Crippen LogP contribution in [0.3, 0.4) is 0 Å². The van der Waals surface area contributed by atoms with Crippen molar-refractivity contribution in [2.75, 3.05) is 13.1 Å². The van der Waals surface area contributed by atoms with Crippen molar-refractivity contribution in [3.05, 3.63) is 69.0 Å². The van der Waals surface area contributed by atoms with E-state index in [0.717, 1.165) is 5.56 Å². The third-order valence-corrected chi connectivity index (χ3v) is 3.59. The van der Waals surface area contributed by atoms with Gasteiger partial charge in [-0.3, -0.25) is 15.1 Å². The SMILES string of the molecule is O=[N+]([O-])C(=Cc1ccoc1)C1=NCCN1Cc1ccc(Cl)nc1. The second-order valence-electron chi connectivity index (χ2n) is 4.96. The van der Waals surface area contributed by atoms with Crippen LogP contribution in [0.15, 0.2) is 52.0 Å². The number of hydrogen-bond donors (Lipinski definition) is 0. The summed E-state index contributed by atoms with van der Waals surface area (Å²) in [6.07, 6.45) is 6.04. The second-order valence-corrected chi connectivity index (χ2v) is 5.35. The molecule has 0 bridgehead atoms. The average molecular weight is 333 g/mol. The van der Waals surface area contributed by atoms with E-state index in [4.69, 9.17) is 16.0 Å². The van der Waals surface area contributed by atoms with Crippen LogP contribution in [-0.4, -0.2) is 33.7 Å². The first-order valence-electron chi connectivity index (χ1n) is 6.92. The van der Waals surface area contributed by atoms with Crippen molar-refractivity contribution >= 4 is 23.5 Å². The molecule has 0 N–H and O–H groups in total. The van der Waals surface area contributed by atoms with Crippen molar-refractivity contribution in [3.63, 3.8) is 0 Å². The van der Waals surface area contributed by atoms with Crippen molar-refractivity contribution in [2.45, 2.75) is 6.54 Å². The summed E-state index contributed by atoms with van der Waals surface area (Å²) in [4.78, 5) is 21.2. The molecule has 118 valence electrons. The predicted molar refractivity (Wildman–Crippen MR) is 85.6 cm³/mol. The van der Waals surface area contributed by atoms with E-state index in [1.807, 2.05) is 11.0 Å². The van der Waals surface area contributed by atoms with Crippen LogP contribution in [0.2, 0.25) is 5.15 Å². The molecule has 3 rings (SSSR count). The Hall–Kier alpha value is -2.67. The predicted octanol–water partition coefficient (Wildman–Crippen LogP) is 2.86. The van der Waals surface area contributed by atoms with E-state index >= 15 is 0 Å². The maximum absolute atomic E-state index is 11.4. The van der Waals surface area contributed by atoms with Crippen LogP contribution in [-0.2, 0) is 6.54 Å². The van der Waals surface area contributed by atoms with Crippen molar-refractivity contribution < 1.29 is 9.34 Å². The highest BCUT2D eigenvalue weighted by molar-refractivity contribution is 6.29. The molecule has 23 heavy (non-hydrogen) atoms. The van der Waals surface area contributed by atoms with Gasteiger partial charge in [0.2, 0.25) is 5.84 Å². The van der Waals surface area contributed by atoms with E-state index < -0.39 is 4.92 Å². The Kier molecular flexibility index (Phi) is 4.38. The molecular weight excluding hydrogens is 320 g/mol. The maximum atomic E-state index is 11.4. The minimum absolute atomic E-state index is 0.0502. The fraction of sp³-hybridized carbons (Fsp3) is 0.200. The molecule has 3 heterocycles. The Bertz CT molecular complexity index is 754. The average Bonchev–Trinajstić information content (AvgIpc) is 3.18. The Labute approximate surface area is 137 Å². The third-order valence-electron chi connectivity index (χ3n) is 3.37. The number of furan rings is 1. The van der Waals surface area contributed by atoms with Crippen LogP contribution >= 0.6 is 11.6 Å². The molecule has 0 fully saturated rings. The summed E-state index contributed by atoms with van der Waals surface area (Å²) in [5, 5.41) is 11.8. The van der Waals surface area contributed by atoms with Gasteiger partial charge < -0.3 is 9.32 Å². The van der Waals surface area contributed by atoms with E-state index in [2.05, 4.69) is 9.98 Å². The van der Waals surface area contributed by atoms with Gasteiger partial charge in [0.1, 0.15) is 5.15 Å². The standard InChI is InChI=1S/C15H13ClN4O3/c16-14-2-1-12(8-18-14)9-19-5-4-17-15(19)13(20(21)22)7-11-3-6-23-10-11/h1-3,6-8,10H,4-5,9H2. The highest BCUT2D eigenvalue weighted by Gasteiger charge is 2.29. The summed E-state index contributed by atoms with van der Waals surface area (Å²) in [5.74, 6) is 0.367. The molecule has 2 aromatic rings. The summed E-state index contributed by atoms with van der Waals surface area (Å²) < 4.78 is 4.95. The van der Waals surface area contributed by atoms with Crippen molar-refractivity contribution in [1.29, 1.82) is 0 Å². The van der Waals surface area contributed by atoms with Crippen LogP contribution in [0, 0.1) is 10.1 Å². The van der Waals surface area contributed by atoms with Gasteiger partial charge in [-0.2, -0.15) is 0 Å². The molecule has 1 aliphatic heterocycles. The summed E-state index contributed by atoms with van der Waals surface area (Å²) in [6, 6.07) is 5.20. The summed E-state index contributed by atoms with van der Waals surface area (Å²) in [7, 11) is 0. The van der Waals surface area contributed by atoms with E-state index in [9.17, 15) is 10.1 Å². The first-order chi connectivity index (χ1) is 11.1. The van der Waals surface area contributed by atoms with Crippen LogP contribution in [0.4, 0.5) is 0 Å². The lowest BCUT2D eigenvalue weighted by Crippen LogP contribution is -2.30. The number of amidine groups is 1. The van der Waals surface area contributed by atoms with Crippen molar-refractivity contribution in [1.82, 2.24) is 9.88 Å². The van der Waals surface area contributed by atoms with Gasteiger partial charge in [0.15, 0.2) is 0 Å². The molecule has 0 saturated heterocycles. The molecule has 8 heteroatoms. The molecule has 2 aromatic heterocycles. The minimum atomic E-state index is -0.426. The summed E-state index contributed by atoms with van der Waals surface area (Å²) >= 11 is 5.77. The molecule has 0 saturated carbocycles. The van der Waals surface area contributed by atoms with E-state index in [1.54, 1.807) is 18.3 Å². The fourth-order valence-corrected chi connectivity index (χ4v) is 2.43. The zero-order valence-electron chi connectivity index (χ0n) is 12.1. The molecule has 0 aromatic carbocycles. The Morgan fingerprint density at radius 2 is 2.35 bits per heavy atom. The van der Waals surface area contributed by atoms with Gasteiger partial charge in [-0.15, -0.1) is 0 Å². The largest absolute Gasteiger partial charge is 0.472 e. The van der Waals surface area contributed by atoms with Crippen LogP contribution in [0.25, 0.3) is 6.08 Å². The summed E-state index contributed by atoms with van der Waals surface area (Å²) in [6.45, 7) is 1.63. The highest BCUT2D eigenvalue weighted by atomic mass is 35.5. The topological polar surface area (TPSA) is 84.8 Å². The van der Waals surface area contributed by atoms with Gasteiger partial charge in [0.25, 0.3) is 0 Å². The Morgan fingerprint density at radius 1 is 1.48 bits per heavy atom. The highest BCUT2D eigenvalue weighted by Crippen LogP contribution is 2.18. The molecule has 1 aliphatic rings. The number of rotatable bonds is 5. The van der Waals surface area contributed by atoms with Gasteiger partial charge in [-0.1, -0.05) is 17.7 Å². The molecule has 0 unspecified atom stereocenters. The van der Waals surface area contributed by atoms with Crippen LogP contribution < -0.4 is 0 Å². The van der Waals surface area contributed by atoms with Gasteiger partial charge in [-0.25, -0.2) is 4.98 Å². The van der Waals surface area contributed by atoms with Gasteiger partial charge in [0.05, 0.1) is 24.0 Å². The number of hydrogen-bond acceptors (Lipinski definition) is 6. The normalized spacial score (nSPS) is 14.9. The monoisotopic (exact) mass is 332 g/mol. The van der Waals surface area contributed by atoms with Gasteiger partial charge in [0, 0.05) is 30.9 Å². The summed E-state index contributed by atoms with van der Waals surface area (Å²) in [5.41, 5.74) is 1.49. The molecule has 7 nitrogen and oxygen atoms in total. The number of aliphatic imine (C=N–C) groups is 1. The van der Waals surface area contributed by atoms with Crippen molar-refractivity contribution in [3.8, 4) is 0 Å². The Morgan fingerprint density at radius 3 is 3.00 bits per heavy atom. The third kappa shape index (κ3) is 3.57. The lowest BCUT2D eigenvalue weighted by Gasteiger charge is -2.18. The van der Waals surface area contributed by atoms with Crippen LogP contribution in [0.1, 0.15) is 11.1 Å². The molecule has 0 atom stereocenters. The maximum Gasteiger partial charge on any atom is 0.311 e. The first-order valence-corrected chi connectivity index (χ1v) is 7.30. The van der Waals surface area contributed by atoms with Crippen molar-refractivity contribution in [2.24, 2.45) is 4.99 Å². The number of halogens is 1. The molecular formula is C15H13ClN4O3. The molecule has 0 spiro atoms. The number of aromatic nitrogens is 1. The quantitative estimate of drug-likeness (QED) is 0.477. The minimum Gasteiger partial charge on any atom is -0.472 e. The zero-order chi connectivity index (χ0) is 16.2. The van der Waals surface area contributed by atoms with E-state index in [-0.39, 0.29) is 5.70 Å². The number of nitrogens with zero attached hydrogens (tertiary/aromatic N) is 4. The molecule has 0 radical (unpaired) electrons. The molecule has 0 amide bonds. The number of pyridine rings is 1.